The van der Waals surface area contributed by atoms with Crippen molar-refractivity contribution in [2.45, 2.75) is 0 Å². The van der Waals surface area contributed by atoms with E-state index in [-0.39, 0.29) is 0 Å². The number of nitrogens with zero attached hydrogens (tertiary/aromatic N) is 1. The quantitative estimate of drug-likeness (QED) is 0.166. The van der Waals surface area contributed by atoms with Gasteiger partial charge in [-0.1, -0.05) is 164 Å². The third-order valence-corrected chi connectivity index (χ3v) is 10.4. The van der Waals surface area contributed by atoms with Crippen molar-refractivity contribution in [3.8, 4) is 44.5 Å². The van der Waals surface area contributed by atoms with Gasteiger partial charge in [-0.3, -0.25) is 0 Å². The van der Waals surface area contributed by atoms with E-state index < -0.39 is 0 Å². The van der Waals surface area contributed by atoms with Gasteiger partial charge in [-0.25, -0.2) is 0 Å². The van der Waals surface area contributed by atoms with Crippen LogP contribution in [-0.2, 0) is 0 Å². The zero-order valence-electron chi connectivity index (χ0n) is 29.6. The highest BCUT2D eigenvalue weighted by Gasteiger charge is 2.24. The average molecular weight is 690 g/mol. The van der Waals surface area contributed by atoms with Crippen molar-refractivity contribution < 1.29 is 4.42 Å². The molecule has 2 nitrogen and oxygen atoms in total. The molecule has 0 saturated heterocycles. The lowest BCUT2D eigenvalue weighted by molar-refractivity contribution is 0.670. The molecule has 0 unspecified atom stereocenters. The van der Waals surface area contributed by atoms with Crippen LogP contribution >= 0.6 is 0 Å². The molecule has 10 rings (SSSR count). The molecule has 1 aromatic heterocycles. The molecule has 2 heteroatoms. The molecule has 0 atom stereocenters. The van der Waals surface area contributed by atoms with E-state index in [2.05, 4.69) is 211 Å². The van der Waals surface area contributed by atoms with Gasteiger partial charge in [0.15, 0.2) is 0 Å². The third-order valence-electron chi connectivity index (χ3n) is 10.4. The van der Waals surface area contributed by atoms with Crippen LogP contribution in [0.3, 0.4) is 0 Å². The highest BCUT2D eigenvalue weighted by Crippen LogP contribution is 2.48. The van der Waals surface area contributed by atoms with Crippen LogP contribution in [0.1, 0.15) is 0 Å². The van der Waals surface area contributed by atoms with Gasteiger partial charge in [0, 0.05) is 22.2 Å². The Morgan fingerprint density at radius 3 is 1.80 bits per heavy atom. The van der Waals surface area contributed by atoms with Crippen molar-refractivity contribution in [1.29, 1.82) is 0 Å². The van der Waals surface area contributed by atoms with Gasteiger partial charge in [-0.05, 0) is 92.7 Å². The highest BCUT2D eigenvalue weighted by molar-refractivity contribution is 6.17. The number of furan rings is 1. The molecule has 0 aliphatic carbocycles. The number of para-hydroxylation sites is 2. The maximum Gasteiger partial charge on any atom is 0.145 e. The van der Waals surface area contributed by atoms with Gasteiger partial charge in [0.05, 0.1) is 16.8 Å². The van der Waals surface area contributed by atoms with Gasteiger partial charge in [0.2, 0.25) is 0 Å². The molecular formula is C52H35NO. The molecule has 0 radical (unpaired) electrons. The highest BCUT2D eigenvalue weighted by atomic mass is 16.3. The number of fused-ring (bicyclic) bond motifs is 4. The largest absolute Gasteiger partial charge is 0.455 e. The van der Waals surface area contributed by atoms with Crippen LogP contribution in [0.2, 0.25) is 0 Å². The summed E-state index contributed by atoms with van der Waals surface area (Å²) in [4.78, 5) is 2.42. The first-order valence-corrected chi connectivity index (χ1v) is 18.4. The fourth-order valence-corrected chi connectivity index (χ4v) is 7.85. The molecule has 0 saturated carbocycles. The second-order valence-electron chi connectivity index (χ2n) is 13.7. The van der Waals surface area contributed by atoms with Crippen molar-refractivity contribution in [2.75, 3.05) is 4.90 Å². The monoisotopic (exact) mass is 689 g/mol. The molecule has 10 aromatic rings. The number of rotatable bonds is 7. The van der Waals surface area contributed by atoms with Gasteiger partial charge in [0.25, 0.3) is 0 Å². The maximum absolute atomic E-state index is 6.79. The normalized spacial score (nSPS) is 11.3. The van der Waals surface area contributed by atoms with E-state index in [1.165, 1.54) is 27.5 Å². The van der Waals surface area contributed by atoms with Gasteiger partial charge in [-0.2, -0.15) is 0 Å². The Bertz CT molecular complexity index is 2940. The molecular weight excluding hydrogens is 655 g/mol. The van der Waals surface area contributed by atoms with Gasteiger partial charge < -0.3 is 9.32 Å². The summed E-state index contributed by atoms with van der Waals surface area (Å²) in [6.45, 7) is 0. The summed E-state index contributed by atoms with van der Waals surface area (Å²) in [5.41, 5.74) is 14.1. The van der Waals surface area contributed by atoms with Crippen molar-refractivity contribution in [3.63, 3.8) is 0 Å². The summed E-state index contributed by atoms with van der Waals surface area (Å²) in [6, 6.07) is 75.9. The Balaban J connectivity index is 1.23. The first kappa shape index (κ1) is 31.6. The number of hydrogen-bond donors (Lipinski definition) is 0. The zero-order chi connectivity index (χ0) is 35.8. The average Bonchev–Trinajstić information content (AvgIpc) is 3.65. The Kier molecular flexibility index (Phi) is 7.85. The summed E-state index contributed by atoms with van der Waals surface area (Å²) in [7, 11) is 0. The van der Waals surface area contributed by atoms with Crippen LogP contribution < -0.4 is 4.90 Å². The van der Waals surface area contributed by atoms with E-state index in [1.54, 1.807) is 0 Å². The smallest absolute Gasteiger partial charge is 0.145 e. The van der Waals surface area contributed by atoms with Crippen molar-refractivity contribution in [1.82, 2.24) is 0 Å². The fraction of sp³-hybridized carbons (Fsp3) is 0. The maximum atomic E-state index is 6.79. The van der Waals surface area contributed by atoms with Gasteiger partial charge in [-0.15, -0.1) is 0 Å². The Labute approximate surface area is 314 Å². The van der Waals surface area contributed by atoms with Gasteiger partial charge in [0.1, 0.15) is 11.2 Å². The van der Waals surface area contributed by atoms with Crippen molar-refractivity contribution in [2.24, 2.45) is 0 Å². The minimum atomic E-state index is 0.867. The van der Waals surface area contributed by atoms with E-state index in [0.717, 1.165) is 66.8 Å². The Morgan fingerprint density at radius 1 is 0.333 bits per heavy atom. The Hall–Kier alpha value is -7.16. The van der Waals surface area contributed by atoms with Crippen LogP contribution in [0.5, 0.6) is 0 Å². The summed E-state index contributed by atoms with van der Waals surface area (Å²) in [6.07, 6.45) is 0. The second kappa shape index (κ2) is 13.4. The SMILES string of the molecule is c1ccc(-c2cccc(-c3cccc(N(c4ccccc4-c4ccc5ccccc5c4)c4ccc(-c5ccccc5)c5oc6ccccc6c45)c3)c2)cc1. The topological polar surface area (TPSA) is 16.4 Å². The van der Waals surface area contributed by atoms with Crippen LogP contribution in [0.15, 0.2) is 217 Å². The van der Waals surface area contributed by atoms with Gasteiger partial charge >= 0.3 is 0 Å². The number of anilines is 3. The summed E-state index contributed by atoms with van der Waals surface area (Å²) in [5, 5.41) is 4.60. The standard InChI is InChI=1S/C52H35NO/c1-3-15-36(16-4-1)40-21-13-22-41(33-40)42-23-14-24-44(35-42)53(48-27-11-9-25-45(48)43-30-29-37-17-7-8-20-39(37)34-43)49-32-31-46(38-18-5-2-6-19-38)52-51(49)47-26-10-12-28-50(47)54-52/h1-35H. The zero-order valence-corrected chi connectivity index (χ0v) is 29.6. The minimum absolute atomic E-state index is 0.867. The Morgan fingerprint density at radius 2 is 0.963 bits per heavy atom. The molecule has 1 heterocycles. The lowest BCUT2D eigenvalue weighted by Gasteiger charge is -2.29. The fourth-order valence-electron chi connectivity index (χ4n) is 7.85. The minimum Gasteiger partial charge on any atom is -0.455 e. The summed E-state index contributed by atoms with van der Waals surface area (Å²) in [5.74, 6) is 0. The first-order chi connectivity index (χ1) is 26.8. The molecule has 0 amide bonds. The molecule has 0 spiro atoms. The lowest BCUT2D eigenvalue weighted by Crippen LogP contribution is -2.12. The first-order valence-electron chi connectivity index (χ1n) is 18.4. The molecule has 0 aliphatic rings. The molecule has 54 heavy (non-hydrogen) atoms. The number of benzene rings is 9. The predicted molar refractivity (Wildman–Crippen MR) is 228 cm³/mol. The molecule has 254 valence electrons. The predicted octanol–water partition coefficient (Wildman–Crippen LogP) is 14.9. The molecule has 0 bridgehead atoms. The van der Waals surface area contributed by atoms with E-state index in [4.69, 9.17) is 4.42 Å². The van der Waals surface area contributed by atoms with E-state index in [0.29, 0.717) is 0 Å². The second-order valence-corrected chi connectivity index (χ2v) is 13.7. The third kappa shape index (κ3) is 5.62. The molecule has 9 aromatic carbocycles. The van der Waals surface area contributed by atoms with E-state index in [1.807, 2.05) is 6.07 Å². The summed E-state index contributed by atoms with van der Waals surface area (Å²) < 4.78 is 6.79. The van der Waals surface area contributed by atoms with Crippen molar-refractivity contribution in [3.05, 3.63) is 212 Å². The van der Waals surface area contributed by atoms with E-state index >= 15 is 0 Å². The van der Waals surface area contributed by atoms with Crippen molar-refractivity contribution >= 4 is 49.8 Å². The molecule has 0 fully saturated rings. The van der Waals surface area contributed by atoms with E-state index in [9.17, 15) is 0 Å². The van der Waals surface area contributed by atoms with Crippen LogP contribution in [0.25, 0.3) is 77.2 Å². The summed E-state index contributed by atoms with van der Waals surface area (Å²) >= 11 is 0. The molecule has 0 N–H and O–H groups in total. The van der Waals surface area contributed by atoms with Crippen LogP contribution in [0, 0.1) is 0 Å². The lowest BCUT2D eigenvalue weighted by atomic mass is 9.96. The van der Waals surface area contributed by atoms with Crippen LogP contribution in [-0.4, -0.2) is 0 Å². The van der Waals surface area contributed by atoms with Crippen LogP contribution in [0.4, 0.5) is 17.1 Å². The number of hydrogen-bond acceptors (Lipinski definition) is 2. The molecule has 0 aliphatic heterocycles.